The second-order valence-corrected chi connectivity index (χ2v) is 14.8. The van der Waals surface area contributed by atoms with Crippen molar-refractivity contribution < 1.29 is 24.2 Å². The second-order valence-electron chi connectivity index (χ2n) is 9.35. The van der Waals surface area contributed by atoms with Gasteiger partial charge < -0.3 is 15.2 Å². The Hall–Kier alpha value is -2.36. The van der Waals surface area contributed by atoms with E-state index in [-0.39, 0.29) is 24.9 Å². The number of carboxylic acid groups (broad SMARTS) is 1. The molecule has 2 amide bonds. The molecule has 0 unspecified atom stereocenters. The summed E-state index contributed by atoms with van der Waals surface area (Å²) in [6.07, 6.45) is 0.900. The molecule has 1 saturated carbocycles. The van der Waals surface area contributed by atoms with E-state index in [0.29, 0.717) is 11.3 Å². The van der Waals surface area contributed by atoms with Crippen LogP contribution < -0.4 is 5.32 Å². The molecule has 1 fully saturated rings. The van der Waals surface area contributed by atoms with Crippen molar-refractivity contribution in [2.24, 2.45) is 0 Å². The van der Waals surface area contributed by atoms with Crippen LogP contribution in [0.3, 0.4) is 0 Å². The van der Waals surface area contributed by atoms with Gasteiger partial charge in [0.05, 0.1) is 32.5 Å². The van der Waals surface area contributed by atoms with Gasteiger partial charge in [-0.1, -0.05) is 26.1 Å². The van der Waals surface area contributed by atoms with Crippen molar-refractivity contribution in [3.63, 3.8) is 0 Å². The van der Waals surface area contributed by atoms with Crippen molar-refractivity contribution in [2.45, 2.75) is 76.8 Å². The number of carbonyl (C=O) groups is 3. The first-order valence-corrected chi connectivity index (χ1v) is 13.5. The Morgan fingerprint density at radius 2 is 1.86 bits per heavy atom. The van der Waals surface area contributed by atoms with Gasteiger partial charge in [0.2, 0.25) is 5.91 Å². The summed E-state index contributed by atoms with van der Waals surface area (Å²) in [5.74, 6) is 0.118. The number of amides is 2. The first-order chi connectivity index (χ1) is 13.4. The minimum absolute atomic E-state index is 0.0482. The molecule has 0 atom stereocenters. The highest BCUT2D eigenvalue weighted by Crippen LogP contribution is 2.56. The van der Waals surface area contributed by atoms with Crippen LogP contribution in [0, 0.1) is 0 Å². The topological polar surface area (TPSA) is 114 Å². The van der Waals surface area contributed by atoms with Crippen LogP contribution in [0.2, 0.25) is 24.7 Å². The summed E-state index contributed by atoms with van der Waals surface area (Å²) in [5.41, 5.74) is 0.0773. The van der Waals surface area contributed by atoms with E-state index in [1.165, 1.54) is 4.90 Å². The number of hydrogen-bond donors (Lipinski definition) is 2. The second kappa shape index (κ2) is 6.86. The minimum Gasteiger partial charge on any atom is -0.465 e. The zero-order chi connectivity index (χ0) is 21.8. The zero-order valence-corrected chi connectivity index (χ0v) is 19.0. The Kier molecular flexibility index (Phi) is 5.05. The van der Waals surface area contributed by atoms with Gasteiger partial charge in [-0.15, -0.1) is 4.68 Å². The fourth-order valence-corrected chi connectivity index (χ4v) is 7.00. The summed E-state index contributed by atoms with van der Waals surface area (Å²) < 4.78 is 6.18. The predicted molar refractivity (Wildman–Crippen MR) is 110 cm³/mol. The maximum absolute atomic E-state index is 13.4. The highest BCUT2D eigenvalue weighted by molar-refractivity contribution is 6.83. The predicted octanol–water partition coefficient (Wildman–Crippen LogP) is 3.82. The van der Waals surface area contributed by atoms with E-state index in [4.69, 9.17) is 4.74 Å². The van der Waals surface area contributed by atoms with E-state index in [2.05, 4.69) is 30.1 Å². The number of nitrogens with zero attached hydrogens (tertiary/aromatic N) is 3. The lowest BCUT2D eigenvalue weighted by atomic mass is 9.83. The van der Waals surface area contributed by atoms with Crippen molar-refractivity contribution in [1.82, 2.24) is 14.7 Å². The van der Waals surface area contributed by atoms with Crippen molar-refractivity contribution in [1.29, 1.82) is 0 Å². The van der Waals surface area contributed by atoms with Gasteiger partial charge in [0.25, 0.3) is 0 Å². The van der Waals surface area contributed by atoms with Crippen LogP contribution in [0.1, 0.15) is 51.3 Å². The van der Waals surface area contributed by atoms with E-state index in [1.807, 2.05) is 0 Å². The normalized spacial score (nSPS) is 19.3. The molecule has 3 rings (SSSR count). The van der Waals surface area contributed by atoms with E-state index in [0.717, 1.165) is 23.9 Å². The summed E-state index contributed by atoms with van der Waals surface area (Å²) in [6, 6.07) is 0. The lowest BCUT2D eigenvalue weighted by Crippen LogP contribution is -2.52. The van der Waals surface area contributed by atoms with Crippen molar-refractivity contribution in [3.8, 4) is 0 Å². The first-order valence-electron chi connectivity index (χ1n) is 9.98. The van der Waals surface area contributed by atoms with Gasteiger partial charge in [-0.3, -0.25) is 9.69 Å². The van der Waals surface area contributed by atoms with Gasteiger partial charge in [0.1, 0.15) is 5.82 Å². The average molecular weight is 423 g/mol. The fourth-order valence-electron chi connectivity index (χ4n) is 4.40. The van der Waals surface area contributed by atoms with Gasteiger partial charge in [0, 0.05) is 10.6 Å². The molecule has 10 heteroatoms. The van der Waals surface area contributed by atoms with Crippen LogP contribution in [0.4, 0.5) is 15.4 Å². The molecule has 1 aromatic rings. The smallest absolute Gasteiger partial charge is 0.436 e. The largest absolute Gasteiger partial charge is 0.465 e. The Morgan fingerprint density at radius 3 is 2.31 bits per heavy atom. The van der Waals surface area contributed by atoms with E-state index >= 15 is 0 Å². The third-order valence-electron chi connectivity index (χ3n) is 6.54. The van der Waals surface area contributed by atoms with Crippen LogP contribution in [-0.2, 0) is 21.6 Å². The molecule has 1 aliphatic heterocycles. The summed E-state index contributed by atoms with van der Waals surface area (Å²) in [5, 5.41) is 16.5. The lowest BCUT2D eigenvalue weighted by Gasteiger charge is -2.48. The molecule has 160 valence electrons. The summed E-state index contributed by atoms with van der Waals surface area (Å²) in [6.45, 7) is 11.9. The summed E-state index contributed by atoms with van der Waals surface area (Å²) in [4.78, 5) is 38.8. The number of aromatic nitrogens is 2. The van der Waals surface area contributed by atoms with Gasteiger partial charge in [-0.25, -0.2) is 9.59 Å². The van der Waals surface area contributed by atoms with Gasteiger partial charge in [0.15, 0.2) is 0 Å². The SMILES string of the molecule is CCOC(=O)n1nc2c(c1NC(=O)C1([Si](C)(C)C)CCC1)CN(C(=O)O)C2(C)C. The van der Waals surface area contributed by atoms with E-state index in [1.54, 1.807) is 20.8 Å². The highest BCUT2D eigenvalue weighted by Gasteiger charge is 2.54. The zero-order valence-electron chi connectivity index (χ0n) is 18.0. The number of rotatable bonds is 4. The number of hydrogen-bond acceptors (Lipinski definition) is 5. The maximum Gasteiger partial charge on any atom is 0.436 e. The van der Waals surface area contributed by atoms with Crippen LogP contribution in [0.5, 0.6) is 0 Å². The third-order valence-corrected chi connectivity index (χ3v) is 10.1. The quantitative estimate of drug-likeness (QED) is 0.713. The molecule has 0 bridgehead atoms. The molecule has 2 aliphatic rings. The molecular formula is C19H30N4O5Si. The Labute approximate surface area is 171 Å². The van der Waals surface area contributed by atoms with Gasteiger partial charge in [-0.2, -0.15) is 5.10 Å². The van der Waals surface area contributed by atoms with Crippen molar-refractivity contribution >= 4 is 32.0 Å². The third kappa shape index (κ3) is 3.13. The monoisotopic (exact) mass is 422 g/mol. The summed E-state index contributed by atoms with van der Waals surface area (Å²) >= 11 is 0. The fraction of sp³-hybridized carbons (Fsp3) is 0.684. The van der Waals surface area contributed by atoms with Crippen LogP contribution in [0.25, 0.3) is 0 Å². The highest BCUT2D eigenvalue weighted by atomic mass is 28.3. The number of anilines is 1. The standard InChI is InChI=1S/C19H30N4O5Si/c1-7-28-17(27)23-14(20-15(24)19(9-8-10-19)29(4,5)6)12-11-22(16(25)26)18(2,3)13(12)21-23/h7-11H2,1-6H3,(H,20,24)(H,25,26). The number of ether oxygens (including phenoxy) is 1. The van der Waals surface area contributed by atoms with Crippen LogP contribution in [-0.4, -0.2) is 52.6 Å². The number of fused-ring (bicyclic) bond motifs is 1. The molecule has 0 radical (unpaired) electrons. The lowest BCUT2D eigenvalue weighted by molar-refractivity contribution is -0.121. The molecule has 29 heavy (non-hydrogen) atoms. The molecule has 2 N–H and O–H groups in total. The summed E-state index contributed by atoms with van der Waals surface area (Å²) in [7, 11) is -1.83. The van der Waals surface area contributed by atoms with Gasteiger partial charge >= 0.3 is 12.2 Å². The average Bonchev–Trinajstić information content (AvgIpc) is 3.00. The van der Waals surface area contributed by atoms with E-state index < -0.39 is 30.8 Å². The molecule has 1 aliphatic carbocycles. The first kappa shape index (κ1) is 21.3. The van der Waals surface area contributed by atoms with E-state index in [9.17, 15) is 19.5 Å². The Balaban J connectivity index is 2.05. The molecule has 9 nitrogen and oxygen atoms in total. The van der Waals surface area contributed by atoms with Crippen molar-refractivity contribution in [2.75, 3.05) is 11.9 Å². The minimum atomic E-state index is -1.83. The van der Waals surface area contributed by atoms with Crippen LogP contribution in [0.15, 0.2) is 0 Å². The molecule has 0 spiro atoms. The van der Waals surface area contributed by atoms with Crippen LogP contribution >= 0.6 is 0 Å². The van der Waals surface area contributed by atoms with Gasteiger partial charge in [-0.05, 0) is 33.6 Å². The molecule has 0 aromatic carbocycles. The Morgan fingerprint density at radius 1 is 1.24 bits per heavy atom. The molecule has 2 heterocycles. The molecule has 1 aromatic heterocycles. The molecule has 0 saturated heterocycles. The maximum atomic E-state index is 13.4. The Bertz CT molecular complexity index is 867. The number of nitrogens with one attached hydrogen (secondary N) is 1. The number of carbonyl (C=O) groups excluding carboxylic acids is 2. The van der Waals surface area contributed by atoms with Crippen molar-refractivity contribution in [3.05, 3.63) is 11.3 Å². The molecular weight excluding hydrogens is 392 g/mol.